The molecular formula is C17H16N4S2. The summed E-state index contributed by atoms with van der Waals surface area (Å²) in [6.45, 7) is 2.34. The van der Waals surface area contributed by atoms with Crippen LogP contribution in [0.1, 0.15) is 34.5 Å². The van der Waals surface area contributed by atoms with Crippen molar-refractivity contribution in [2.75, 3.05) is 0 Å². The molecule has 0 amide bonds. The monoisotopic (exact) mass is 340 g/mol. The van der Waals surface area contributed by atoms with E-state index in [-0.39, 0.29) is 0 Å². The Morgan fingerprint density at radius 3 is 3.17 bits per heavy atom. The molecule has 0 aliphatic heterocycles. The van der Waals surface area contributed by atoms with Gasteiger partial charge in [-0.2, -0.15) is 0 Å². The molecule has 0 spiro atoms. The first-order valence-electron chi connectivity index (χ1n) is 7.95. The van der Waals surface area contributed by atoms with Crippen molar-refractivity contribution in [1.29, 1.82) is 0 Å². The van der Waals surface area contributed by atoms with Crippen LogP contribution >= 0.6 is 22.7 Å². The molecule has 4 heterocycles. The summed E-state index contributed by atoms with van der Waals surface area (Å²) in [5, 5.41) is 12.3. The van der Waals surface area contributed by atoms with Crippen molar-refractivity contribution in [3.8, 4) is 0 Å². The van der Waals surface area contributed by atoms with Crippen LogP contribution in [0.4, 0.5) is 0 Å². The third-order valence-electron chi connectivity index (χ3n) is 4.68. The lowest BCUT2D eigenvalue weighted by Crippen LogP contribution is -2.09. The van der Waals surface area contributed by atoms with Gasteiger partial charge in [0.15, 0.2) is 5.65 Å². The number of nitrogens with zero attached hydrogens (tertiary/aromatic N) is 4. The van der Waals surface area contributed by atoms with Gasteiger partial charge in [-0.15, -0.1) is 32.9 Å². The van der Waals surface area contributed by atoms with Crippen molar-refractivity contribution >= 4 is 38.5 Å². The second-order valence-electron chi connectivity index (χ2n) is 6.34. The molecule has 116 valence electrons. The van der Waals surface area contributed by atoms with Gasteiger partial charge in [-0.3, -0.25) is 4.40 Å². The lowest BCUT2D eigenvalue weighted by atomic mass is 9.89. The second-order valence-corrected chi connectivity index (χ2v) is 8.46. The normalized spacial score (nSPS) is 17.9. The van der Waals surface area contributed by atoms with Crippen molar-refractivity contribution in [3.63, 3.8) is 0 Å². The van der Waals surface area contributed by atoms with Gasteiger partial charge in [0.2, 0.25) is 0 Å². The van der Waals surface area contributed by atoms with Gasteiger partial charge in [-0.1, -0.05) is 13.0 Å². The Balaban J connectivity index is 1.71. The van der Waals surface area contributed by atoms with Gasteiger partial charge in [0.05, 0.1) is 5.39 Å². The molecule has 4 aromatic heterocycles. The molecule has 4 nitrogen and oxygen atoms in total. The fraction of sp³-hybridized carbons (Fsp3) is 0.353. The van der Waals surface area contributed by atoms with Gasteiger partial charge in [-0.25, -0.2) is 4.98 Å². The van der Waals surface area contributed by atoms with Crippen LogP contribution in [-0.2, 0) is 19.3 Å². The summed E-state index contributed by atoms with van der Waals surface area (Å²) in [6, 6.07) is 4.22. The standard InChI is InChI=1S/C17H16N4S2/c1-10-4-5-13-12(7-10)15-16-20-19-14(8-11-3-2-6-22-11)21(16)9-18-17(15)23-13/h2-3,6,9-10H,4-5,7-8H2,1H3/t10-/m1/s1. The third kappa shape index (κ3) is 2.12. The molecule has 0 bridgehead atoms. The zero-order chi connectivity index (χ0) is 15.4. The maximum atomic E-state index is 4.71. The van der Waals surface area contributed by atoms with Crippen LogP contribution in [-0.4, -0.2) is 19.6 Å². The Hall–Kier alpha value is -1.79. The number of hydrogen-bond acceptors (Lipinski definition) is 5. The number of fused-ring (bicyclic) bond motifs is 5. The smallest absolute Gasteiger partial charge is 0.172 e. The predicted molar refractivity (Wildman–Crippen MR) is 94.5 cm³/mol. The molecule has 4 aromatic rings. The highest BCUT2D eigenvalue weighted by Gasteiger charge is 2.23. The van der Waals surface area contributed by atoms with E-state index in [9.17, 15) is 0 Å². The lowest BCUT2D eigenvalue weighted by Gasteiger charge is -2.17. The summed E-state index contributed by atoms with van der Waals surface area (Å²) in [7, 11) is 0. The van der Waals surface area contributed by atoms with E-state index in [0.29, 0.717) is 0 Å². The highest BCUT2D eigenvalue weighted by atomic mass is 32.1. The fourth-order valence-electron chi connectivity index (χ4n) is 3.48. The van der Waals surface area contributed by atoms with Gasteiger partial charge in [0.1, 0.15) is 17.0 Å². The number of thiophene rings is 2. The minimum absolute atomic E-state index is 0.745. The lowest BCUT2D eigenvalue weighted by molar-refractivity contribution is 0.508. The first-order chi connectivity index (χ1) is 11.3. The highest BCUT2D eigenvalue weighted by Crippen LogP contribution is 2.38. The van der Waals surface area contributed by atoms with Crippen LogP contribution in [0.5, 0.6) is 0 Å². The zero-order valence-electron chi connectivity index (χ0n) is 12.8. The molecule has 23 heavy (non-hydrogen) atoms. The number of aryl methyl sites for hydroxylation is 1. The van der Waals surface area contributed by atoms with Crippen LogP contribution < -0.4 is 0 Å². The maximum Gasteiger partial charge on any atom is 0.172 e. The summed E-state index contributed by atoms with van der Waals surface area (Å²) in [6.07, 6.45) is 6.32. The molecule has 1 aliphatic carbocycles. The molecule has 0 aromatic carbocycles. The molecule has 1 aliphatic rings. The van der Waals surface area contributed by atoms with E-state index in [1.165, 1.54) is 33.5 Å². The van der Waals surface area contributed by atoms with Crippen LogP contribution in [0.15, 0.2) is 23.8 Å². The molecule has 6 heteroatoms. The van der Waals surface area contributed by atoms with E-state index in [0.717, 1.165) is 35.1 Å². The predicted octanol–water partition coefficient (Wildman–Crippen LogP) is 4.12. The van der Waals surface area contributed by atoms with E-state index in [1.54, 1.807) is 11.3 Å². The van der Waals surface area contributed by atoms with Crippen LogP contribution in [0.3, 0.4) is 0 Å². The summed E-state index contributed by atoms with van der Waals surface area (Å²) in [4.78, 5) is 8.63. The van der Waals surface area contributed by atoms with Crippen molar-refractivity contribution in [2.24, 2.45) is 5.92 Å². The average molecular weight is 340 g/mol. The van der Waals surface area contributed by atoms with E-state index in [1.807, 2.05) is 17.7 Å². The molecular weight excluding hydrogens is 324 g/mol. The Kier molecular flexibility index (Phi) is 3.03. The number of hydrogen-bond donors (Lipinski definition) is 0. The van der Waals surface area contributed by atoms with Crippen LogP contribution in [0.25, 0.3) is 15.9 Å². The molecule has 0 saturated carbocycles. The number of rotatable bonds is 2. The SMILES string of the molecule is C[C@@H]1CCc2sc3ncn4c(Cc5cccs5)nnc4c3c2C1. The minimum atomic E-state index is 0.745. The summed E-state index contributed by atoms with van der Waals surface area (Å²) >= 11 is 3.60. The summed E-state index contributed by atoms with van der Waals surface area (Å²) in [5.41, 5.74) is 2.45. The maximum absolute atomic E-state index is 4.71. The topological polar surface area (TPSA) is 43.1 Å². The van der Waals surface area contributed by atoms with E-state index in [2.05, 4.69) is 39.0 Å². The molecule has 0 unspecified atom stereocenters. The Labute approximate surface area is 141 Å². The molecule has 1 atom stereocenters. The molecule has 0 N–H and O–H groups in total. The van der Waals surface area contributed by atoms with Crippen LogP contribution in [0.2, 0.25) is 0 Å². The van der Waals surface area contributed by atoms with Crippen molar-refractivity contribution in [1.82, 2.24) is 19.6 Å². The minimum Gasteiger partial charge on any atom is -0.268 e. The first-order valence-corrected chi connectivity index (χ1v) is 9.64. The number of aromatic nitrogens is 4. The van der Waals surface area contributed by atoms with E-state index >= 15 is 0 Å². The second kappa shape index (κ2) is 5.11. The summed E-state index contributed by atoms with van der Waals surface area (Å²) in [5.74, 6) is 1.72. The van der Waals surface area contributed by atoms with Crippen molar-refractivity contribution in [2.45, 2.75) is 32.6 Å². The largest absolute Gasteiger partial charge is 0.268 e. The summed E-state index contributed by atoms with van der Waals surface area (Å²) < 4.78 is 2.08. The van der Waals surface area contributed by atoms with E-state index < -0.39 is 0 Å². The Morgan fingerprint density at radius 2 is 2.30 bits per heavy atom. The molecule has 0 saturated heterocycles. The molecule has 0 fully saturated rings. The molecule has 5 rings (SSSR count). The zero-order valence-corrected chi connectivity index (χ0v) is 14.5. The van der Waals surface area contributed by atoms with Crippen molar-refractivity contribution in [3.05, 3.63) is 45.0 Å². The van der Waals surface area contributed by atoms with Crippen molar-refractivity contribution < 1.29 is 0 Å². The van der Waals surface area contributed by atoms with Gasteiger partial charge in [-0.05, 0) is 42.2 Å². The van der Waals surface area contributed by atoms with Gasteiger partial charge >= 0.3 is 0 Å². The van der Waals surface area contributed by atoms with Gasteiger partial charge in [0.25, 0.3) is 0 Å². The first kappa shape index (κ1) is 13.6. The molecule has 0 radical (unpaired) electrons. The fourth-order valence-corrected chi connectivity index (χ4v) is 5.36. The quantitative estimate of drug-likeness (QED) is 0.551. The van der Waals surface area contributed by atoms with Gasteiger partial charge < -0.3 is 0 Å². The highest BCUT2D eigenvalue weighted by molar-refractivity contribution is 7.19. The van der Waals surface area contributed by atoms with Gasteiger partial charge in [0, 0.05) is 16.2 Å². The van der Waals surface area contributed by atoms with Crippen LogP contribution in [0, 0.1) is 5.92 Å². The third-order valence-corrected chi connectivity index (χ3v) is 6.76. The Morgan fingerprint density at radius 1 is 1.35 bits per heavy atom. The average Bonchev–Trinajstić information content (AvgIpc) is 3.26. The van der Waals surface area contributed by atoms with E-state index in [4.69, 9.17) is 4.98 Å². The Bertz CT molecular complexity index is 997.